The number of hydrogen-bond acceptors (Lipinski definition) is 2. The summed E-state index contributed by atoms with van der Waals surface area (Å²) in [5.41, 5.74) is 4.63. The Morgan fingerprint density at radius 3 is 1.47 bits per heavy atom. The van der Waals surface area contributed by atoms with E-state index in [4.69, 9.17) is 0 Å². The van der Waals surface area contributed by atoms with Crippen molar-refractivity contribution in [3.8, 4) is 11.1 Å². The molecule has 0 aliphatic heterocycles. The molecular formula is C13H8NO-. The second kappa shape index (κ2) is 2.95. The van der Waals surface area contributed by atoms with E-state index in [1.165, 1.54) is 0 Å². The summed E-state index contributed by atoms with van der Waals surface area (Å²) in [6, 6.07) is 15.7. The van der Waals surface area contributed by atoms with Crippen molar-refractivity contribution in [3.63, 3.8) is 0 Å². The van der Waals surface area contributed by atoms with Crippen molar-refractivity contribution in [2.75, 3.05) is 0 Å². The number of hydrogen-bond donors (Lipinski definition) is 0. The zero-order chi connectivity index (χ0) is 10.3. The Kier molecular flexibility index (Phi) is 1.62. The van der Waals surface area contributed by atoms with E-state index in [0.29, 0.717) is 5.71 Å². The topological polar surface area (TPSA) is 35.4 Å². The lowest BCUT2D eigenvalue weighted by atomic mass is 10.1. The van der Waals surface area contributed by atoms with Gasteiger partial charge in [-0.1, -0.05) is 48.5 Å². The number of nitrogens with zero attached hydrogens (tertiary/aromatic N) is 1. The third-order valence-electron chi connectivity index (χ3n) is 2.75. The van der Waals surface area contributed by atoms with Crippen LogP contribution in [0.5, 0.6) is 0 Å². The van der Waals surface area contributed by atoms with Gasteiger partial charge in [0.05, 0.1) is 5.71 Å². The van der Waals surface area contributed by atoms with Gasteiger partial charge in [0, 0.05) is 11.1 Å². The fourth-order valence-electron chi connectivity index (χ4n) is 2.09. The van der Waals surface area contributed by atoms with Gasteiger partial charge in [-0.2, -0.15) is 0 Å². The zero-order valence-electron chi connectivity index (χ0n) is 7.97. The molecule has 15 heavy (non-hydrogen) atoms. The van der Waals surface area contributed by atoms with E-state index in [9.17, 15) is 5.21 Å². The van der Waals surface area contributed by atoms with Gasteiger partial charge in [-0.3, -0.25) is 0 Å². The van der Waals surface area contributed by atoms with Crippen LogP contribution in [0.4, 0.5) is 0 Å². The van der Waals surface area contributed by atoms with Gasteiger partial charge in [0.15, 0.2) is 0 Å². The van der Waals surface area contributed by atoms with Crippen molar-refractivity contribution < 1.29 is 0 Å². The summed E-state index contributed by atoms with van der Waals surface area (Å²) in [7, 11) is 0. The van der Waals surface area contributed by atoms with Gasteiger partial charge >= 0.3 is 0 Å². The molecule has 0 atom stereocenters. The van der Waals surface area contributed by atoms with E-state index in [1.807, 2.05) is 48.5 Å². The summed E-state index contributed by atoms with van der Waals surface area (Å²) in [5, 5.41) is 14.0. The highest BCUT2D eigenvalue weighted by Gasteiger charge is 2.22. The first-order valence-electron chi connectivity index (χ1n) is 4.81. The van der Waals surface area contributed by atoms with Crippen LogP contribution >= 0.6 is 0 Å². The molecular weight excluding hydrogens is 186 g/mol. The molecule has 1 aliphatic carbocycles. The Morgan fingerprint density at radius 1 is 0.667 bits per heavy atom. The maximum atomic E-state index is 10.8. The Morgan fingerprint density at radius 2 is 1.07 bits per heavy atom. The first-order valence-corrected chi connectivity index (χ1v) is 4.81. The van der Waals surface area contributed by atoms with Crippen LogP contribution in [0.3, 0.4) is 0 Å². The van der Waals surface area contributed by atoms with Crippen LogP contribution in [0.1, 0.15) is 11.1 Å². The largest absolute Gasteiger partial charge is 0.791 e. The summed E-state index contributed by atoms with van der Waals surface area (Å²) in [4.78, 5) is 0. The molecule has 0 radical (unpaired) electrons. The first-order chi connectivity index (χ1) is 7.42. The van der Waals surface area contributed by atoms with E-state index >= 15 is 0 Å². The maximum absolute atomic E-state index is 10.8. The highest BCUT2D eigenvalue weighted by Crippen LogP contribution is 2.36. The smallest absolute Gasteiger partial charge is 0.0676 e. The molecule has 0 spiro atoms. The Hall–Kier alpha value is -2.09. The van der Waals surface area contributed by atoms with Gasteiger partial charge in [-0.25, -0.2) is 0 Å². The summed E-state index contributed by atoms with van der Waals surface area (Å²) in [5.74, 6) is 0. The summed E-state index contributed by atoms with van der Waals surface area (Å²) >= 11 is 0. The van der Waals surface area contributed by atoms with Crippen LogP contribution in [0, 0.1) is 5.21 Å². The quantitative estimate of drug-likeness (QED) is 0.506. The summed E-state index contributed by atoms with van der Waals surface area (Å²) in [6.07, 6.45) is 0. The fraction of sp³-hybridized carbons (Fsp3) is 0. The van der Waals surface area contributed by atoms with Crippen LogP contribution in [-0.2, 0) is 0 Å². The Labute approximate surface area is 87.5 Å². The number of benzene rings is 2. The molecule has 2 aromatic rings. The third-order valence-corrected chi connectivity index (χ3v) is 2.75. The van der Waals surface area contributed by atoms with Gasteiger partial charge in [-0.15, -0.1) is 0 Å². The minimum absolute atomic E-state index is 0.557. The van der Waals surface area contributed by atoms with E-state index < -0.39 is 0 Å². The number of fused-ring (bicyclic) bond motifs is 3. The van der Waals surface area contributed by atoms with Crippen LogP contribution in [0.25, 0.3) is 11.1 Å². The summed E-state index contributed by atoms with van der Waals surface area (Å²) < 4.78 is 0. The predicted molar refractivity (Wildman–Crippen MR) is 60.9 cm³/mol. The highest BCUT2D eigenvalue weighted by molar-refractivity contribution is 6.24. The van der Waals surface area contributed by atoms with Crippen LogP contribution in [0.15, 0.2) is 53.7 Å². The Bertz CT molecular complexity index is 510. The van der Waals surface area contributed by atoms with Gasteiger partial charge < -0.3 is 10.4 Å². The normalized spacial score (nSPS) is 12.1. The van der Waals surface area contributed by atoms with E-state index in [1.54, 1.807) is 0 Å². The average molecular weight is 194 g/mol. The molecule has 1 aliphatic rings. The second-order valence-corrected chi connectivity index (χ2v) is 3.53. The van der Waals surface area contributed by atoms with Crippen LogP contribution < -0.4 is 0 Å². The van der Waals surface area contributed by atoms with Gasteiger partial charge in [0.25, 0.3) is 0 Å². The summed E-state index contributed by atoms with van der Waals surface area (Å²) in [6.45, 7) is 0. The molecule has 0 heterocycles. The second-order valence-electron chi connectivity index (χ2n) is 3.53. The standard InChI is InChI=1S/C13H9NO/c15-14-13-11-7-3-1-5-9(11)10-6-2-4-8-12(10)13/h1-8,15H/p-1. The molecule has 0 N–H and O–H groups in total. The Balaban J connectivity index is 2.41. The lowest BCUT2D eigenvalue weighted by Crippen LogP contribution is -1.96. The zero-order valence-corrected chi connectivity index (χ0v) is 7.97. The van der Waals surface area contributed by atoms with Crippen molar-refractivity contribution >= 4 is 5.71 Å². The molecule has 0 saturated heterocycles. The van der Waals surface area contributed by atoms with Gasteiger partial charge in [-0.05, 0) is 11.1 Å². The third kappa shape index (κ3) is 1.02. The van der Waals surface area contributed by atoms with Crippen molar-refractivity contribution in [2.45, 2.75) is 0 Å². The van der Waals surface area contributed by atoms with E-state index in [-0.39, 0.29) is 0 Å². The lowest BCUT2D eigenvalue weighted by molar-refractivity contribution is 1.57. The monoisotopic (exact) mass is 194 g/mol. The SMILES string of the molecule is [O-]N=C1c2ccccc2-c2ccccc21. The van der Waals surface area contributed by atoms with Gasteiger partial charge in [0.2, 0.25) is 0 Å². The molecule has 2 aromatic carbocycles. The minimum Gasteiger partial charge on any atom is -0.791 e. The first kappa shape index (κ1) is 8.24. The van der Waals surface area contributed by atoms with Crippen molar-refractivity contribution in [1.29, 1.82) is 0 Å². The van der Waals surface area contributed by atoms with E-state index in [0.717, 1.165) is 22.3 Å². The molecule has 0 amide bonds. The van der Waals surface area contributed by atoms with Crippen LogP contribution in [-0.4, -0.2) is 5.71 Å². The molecule has 0 saturated carbocycles. The molecule has 2 heteroatoms. The van der Waals surface area contributed by atoms with Gasteiger partial charge in [0.1, 0.15) is 0 Å². The van der Waals surface area contributed by atoms with E-state index in [2.05, 4.69) is 5.16 Å². The van der Waals surface area contributed by atoms with Crippen molar-refractivity contribution in [2.24, 2.45) is 5.16 Å². The predicted octanol–water partition coefficient (Wildman–Crippen LogP) is 3.00. The van der Waals surface area contributed by atoms with Crippen LogP contribution in [0.2, 0.25) is 0 Å². The molecule has 3 rings (SSSR count). The minimum atomic E-state index is 0.557. The molecule has 0 aromatic heterocycles. The molecule has 0 unspecified atom stereocenters. The lowest BCUT2D eigenvalue weighted by Gasteiger charge is -2.02. The maximum Gasteiger partial charge on any atom is 0.0676 e. The molecule has 0 fully saturated rings. The van der Waals surface area contributed by atoms with Crippen molar-refractivity contribution in [1.82, 2.24) is 0 Å². The highest BCUT2D eigenvalue weighted by atomic mass is 16.4. The molecule has 2 nitrogen and oxygen atoms in total. The number of rotatable bonds is 0. The fourth-order valence-corrected chi connectivity index (χ4v) is 2.09. The van der Waals surface area contributed by atoms with Crippen molar-refractivity contribution in [3.05, 3.63) is 64.9 Å². The molecule has 0 bridgehead atoms. The average Bonchev–Trinajstić information content (AvgIpc) is 2.63. The molecule has 72 valence electrons.